The molecule has 19 nitrogen and oxygen atoms in total. The van der Waals surface area contributed by atoms with Gasteiger partial charge in [-0.1, -0.05) is 84.3 Å². The van der Waals surface area contributed by atoms with Gasteiger partial charge in [-0.15, -0.1) is 0 Å². The highest BCUT2D eigenvalue weighted by Gasteiger charge is 2.37. The van der Waals surface area contributed by atoms with E-state index in [0.29, 0.717) is 66.2 Å². The molecule has 84 heavy (non-hydrogen) atoms. The fraction of sp³-hybridized carbons (Fsp3) is 0.677. The van der Waals surface area contributed by atoms with Crippen molar-refractivity contribution in [2.75, 3.05) is 46.4 Å². The Morgan fingerprint density at radius 3 is 1.88 bits per heavy atom. The Hall–Kier alpha value is -6.71. The number of hydrogen-bond acceptors (Lipinski definition) is 14. The van der Waals surface area contributed by atoms with Gasteiger partial charge in [-0.05, 0) is 130 Å². The van der Waals surface area contributed by atoms with Crippen LogP contribution in [0.25, 0.3) is 11.1 Å². The molecule has 19 heteroatoms. The number of nitriles is 1. The van der Waals surface area contributed by atoms with Crippen LogP contribution < -0.4 is 25.4 Å². The monoisotopic (exact) mass is 1170 g/mol. The van der Waals surface area contributed by atoms with Crippen molar-refractivity contribution in [1.82, 2.24) is 25.8 Å². The van der Waals surface area contributed by atoms with E-state index in [1.807, 2.05) is 19.1 Å². The van der Waals surface area contributed by atoms with E-state index in [1.165, 1.54) is 37.6 Å². The Morgan fingerprint density at radius 2 is 1.27 bits per heavy atom. The van der Waals surface area contributed by atoms with Gasteiger partial charge in [-0.2, -0.15) is 5.26 Å². The lowest BCUT2D eigenvalue weighted by Crippen LogP contribution is -2.45. The lowest BCUT2D eigenvalue weighted by molar-refractivity contribution is -0.144. The van der Waals surface area contributed by atoms with Crippen molar-refractivity contribution in [2.45, 2.75) is 228 Å². The molecule has 1 heterocycles. The minimum absolute atomic E-state index is 0.00740. The van der Waals surface area contributed by atoms with Crippen LogP contribution in [0.4, 0.5) is 14.4 Å². The number of hydrogen-bond donors (Lipinski definition) is 3. The smallest absolute Gasteiger partial charge is 0.410 e. The molecule has 0 saturated carbocycles. The number of nitrogens with one attached hydrogen (secondary N) is 3. The molecule has 0 unspecified atom stereocenters. The molecule has 0 aliphatic carbocycles. The highest BCUT2D eigenvalue weighted by atomic mass is 16.6. The summed E-state index contributed by atoms with van der Waals surface area (Å²) < 4.78 is 29.3. The molecule has 4 atom stereocenters. The van der Waals surface area contributed by atoms with Crippen LogP contribution in [0.5, 0.6) is 11.5 Å². The van der Waals surface area contributed by atoms with Crippen molar-refractivity contribution in [3.05, 3.63) is 47.5 Å². The summed E-state index contributed by atoms with van der Waals surface area (Å²) in [6, 6.07) is 10.1. The maximum atomic E-state index is 15.4. The summed E-state index contributed by atoms with van der Waals surface area (Å²) in [7, 11) is 1.51. The second kappa shape index (κ2) is 35.6. The summed E-state index contributed by atoms with van der Waals surface area (Å²) in [6.45, 7) is 22.8. The second-order valence-electron chi connectivity index (χ2n) is 25.1. The lowest BCUT2D eigenvalue weighted by atomic mass is 9.88. The van der Waals surface area contributed by atoms with Crippen LogP contribution in [0, 0.1) is 23.2 Å². The molecule has 5 amide bonds. The molecule has 1 aliphatic rings. The molecule has 0 aromatic heterocycles. The van der Waals surface area contributed by atoms with E-state index in [-0.39, 0.29) is 82.8 Å². The minimum Gasteiger partial charge on any atom is -0.493 e. The number of Topliss-reactive ketones (excluding diaryl/α,β-unsaturated/α-hetero) is 3. The number of nitrogens with zero attached hydrogens (tertiary/aromatic N) is 3. The number of fused-ring (bicyclic) bond motifs is 5. The predicted octanol–water partition coefficient (Wildman–Crippen LogP) is 12.1. The molecule has 3 N–H and O–H groups in total. The van der Waals surface area contributed by atoms with Crippen molar-refractivity contribution in [3.63, 3.8) is 0 Å². The van der Waals surface area contributed by atoms with Gasteiger partial charge in [-0.3, -0.25) is 24.0 Å². The molecule has 2 aromatic carbocycles. The SMILES string of the molecule is CCCCCCCCCCN(CCC(=O)C[C@@H](CCCCNC(=O)OC(C)(C)C)C(=O)N(C)[C@@H]1C(=O)C[C@@H](C)C(=O)N[C@H](C(=O)CCC#N)Cc2ccc(OCCNC(=O)OC(C)(C)C)c(c2)-c2cc1ccc2OCCC)C(=O)OC(C)(C)C. The number of alkyl carbamates (subject to hydrolysis) is 2. The Balaban J connectivity index is 2.16. The van der Waals surface area contributed by atoms with Crippen LogP contribution in [-0.2, 0) is 44.6 Å². The molecule has 0 saturated heterocycles. The second-order valence-corrected chi connectivity index (χ2v) is 25.1. The van der Waals surface area contributed by atoms with Crippen LogP contribution in [0.15, 0.2) is 36.4 Å². The third-order valence-corrected chi connectivity index (χ3v) is 13.8. The number of carbonyl (C=O) groups is 8. The van der Waals surface area contributed by atoms with E-state index in [2.05, 4.69) is 22.9 Å². The van der Waals surface area contributed by atoms with E-state index in [4.69, 9.17) is 23.7 Å². The molecule has 0 fully saturated rings. The molecule has 4 bridgehead atoms. The van der Waals surface area contributed by atoms with Gasteiger partial charge in [0.1, 0.15) is 46.7 Å². The average Bonchev–Trinajstić information content (AvgIpc) is 3.34. The van der Waals surface area contributed by atoms with Crippen LogP contribution in [0.1, 0.15) is 209 Å². The zero-order valence-corrected chi connectivity index (χ0v) is 52.9. The van der Waals surface area contributed by atoms with E-state index in [0.717, 1.165) is 25.7 Å². The van der Waals surface area contributed by atoms with Gasteiger partial charge in [0.05, 0.1) is 25.3 Å². The summed E-state index contributed by atoms with van der Waals surface area (Å²) in [5.74, 6) is -3.36. The number of amides is 5. The third-order valence-electron chi connectivity index (χ3n) is 13.8. The number of ketones is 3. The third kappa shape index (κ3) is 26.9. The topological polar surface area (TPSA) is 249 Å². The average molecular weight is 1170 g/mol. The molecular formula is C65H100N6O13. The number of likely N-dealkylation sites (N-methyl/N-ethyl adjacent to an activating group) is 1. The van der Waals surface area contributed by atoms with Crippen molar-refractivity contribution in [2.24, 2.45) is 11.8 Å². The summed E-state index contributed by atoms with van der Waals surface area (Å²) in [5, 5.41) is 17.7. The van der Waals surface area contributed by atoms with Crippen molar-refractivity contribution in [3.8, 4) is 28.7 Å². The quantitative estimate of drug-likeness (QED) is 0.0469. The first-order valence-corrected chi connectivity index (χ1v) is 30.5. The van der Waals surface area contributed by atoms with Crippen molar-refractivity contribution >= 4 is 47.4 Å². The highest BCUT2D eigenvalue weighted by Crippen LogP contribution is 2.41. The Bertz CT molecular complexity index is 2520. The summed E-state index contributed by atoms with van der Waals surface area (Å²) >= 11 is 0. The highest BCUT2D eigenvalue weighted by molar-refractivity contribution is 5.96. The Morgan fingerprint density at radius 1 is 0.690 bits per heavy atom. The Kier molecular flexibility index (Phi) is 30.3. The number of carbonyl (C=O) groups excluding carboxylic acids is 8. The van der Waals surface area contributed by atoms with Gasteiger partial charge in [0.25, 0.3) is 0 Å². The van der Waals surface area contributed by atoms with Gasteiger partial charge in [0.15, 0.2) is 11.6 Å². The fourth-order valence-electron chi connectivity index (χ4n) is 9.66. The minimum atomic E-state index is -1.31. The summed E-state index contributed by atoms with van der Waals surface area (Å²) in [6.07, 6.45) is 7.75. The van der Waals surface area contributed by atoms with Gasteiger partial charge < -0.3 is 49.4 Å². The molecule has 0 radical (unpaired) electrons. The first-order valence-electron chi connectivity index (χ1n) is 30.5. The van der Waals surface area contributed by atoms with Crippen molar-refractivity contribution < 1.29 is 62.0 Å². The zero-order chi connectivity index (χ0) is 62.6. The summed E-state index contributed by atoms with van der Waals surface area (Å²) in [5.41, 5.74) is -0.211. The molecule has 1 aliphatic heterocycles. The normalized spacial score (nSPS) is 15.9. The van der Waals surface area contributed by atoms with Crippen LogP contribution >= 0.6 is 0 Å². The first-order chi connectivity index (χ1) is 39.6. The largest absolute Gasteiger partial charge is 0.493 e. The van der Waals surface area contributed by atoms with E-state index >= 15 is 9.59 Å². The van der Waals surface area contributed by atoms with Gasteiger partial charge in [0.2, 0.25) is 11.8 Å². The van der Waals surface area contributed by atoms with E-state index in [1.54, 1.807) is 104 Å². The first kappa shape index (κ1) is 71.6. The standard InChI is InChI=1S/C65H100N6O13/c1-14-16-17-18-19-20-21-24-36-71(62(79)84-65(10,11)12)37-32-49(72)43-48(26-22-23-34-67-60(77)82-63(4,5)6)59(76)70(13)57-47-29-31-56(80-38-15-2)51(44-47)50-41-46(28-30-55(50)81-39-35-68-61(78)83-64(7,8)9)42-52(53(73)27-25-33-66)69-58(75)45(3)40-54(57)74/h28-31,41,44-45,48,52,57H,14-27,32,34-40,42-43H2,1-13H3,(H,67,77)(H,68,78)(H,69,75)/t45-,48-,52+,57+/m1/s1. The molecule has 468 valence electrons. The van der Waals surface area contributed by atoms with Crippen LogP contribution in [-0.4, -0.2) is 127 Å². The van der Waals surface area contributed by atoms with Crippen LogP contribution in [0.3, 0.4) is 0 Å². The molecule has 3 rings (SSSR count). The predicted molar refractivity (Wildman–Crippen MR) is 323 cm³/mol. The summed E-state index contributed by atoms with van der Waals surface area (Å²) in [4.78, 5) is 114. The lowest BCUT2D eigenvalue weighted by Gasteiger charge is -2.32. The number of unbranched alkanes of at least 4 members (excludes halogenated alkanes) is 8. The number of rotatable bonds is 31. The number of ether oxygens (including phenoxy) is 5. The van der Waals surface area contributed by atoms with E-state index in [9.17, 15) is 34.0 Å². The Labute approximate surface area is 500 Å². The zero-order valence-electron chi connectivity index (χ0n) is 52.9. The number of benzene rings is 2. The van der Waals surface area contributed by atoms with Gasteiger partial charge in [-0.25, -0.2) is 14.4 Å². The molecule has 0 spiro atoms. The van der Waals surface area contributed by atoms with Gasteiger partial charge >= 0.3 is 18.3 Å². The van der Waals surface area contributed by atoms with E-state index < -0.39 is 76.6 Å². The maximum absolute atomic E-state index is 15.4. The van der Waals surface area contributed by atoms with Crippen LogP contribution in [0.2, 0.25) is 0 Å². The maximum Gasteiger partial charge on any atom is 0.410 e. The van der Waals surface area contributed by atoms with Crippen molar-refractivity contribution in [1.29, 1.82) is 5.26 Å². The fourth-order valence-corrected chi connectivity index (χ4v) is 9.66. The molecule has 2 aromatic rings. The van der Waals surface area contributed by atoms with Gasteiger partial charge in [0, 0.05) is 81.7 Å². The molecular weight excluding hydrogens is 1070 g/mol.